The molecule has 2 rings (SSSR count). The number of aryl methyl sites for hydroxylation is 1. The minimum absolute atomic E-state index is 0.000200. The molecule has 30 heavy (non-hydrogen) atoms. The number of nitrogens with zero attached hydrogens (tertiary/aromatic N) is 5. The third-order valence-electron chi connectivity index (χ3n) is 5.66. The van der Waals surface area contributed by atoms with E-state index >= 15 is 0 Å². The summed E-state index contributed by atoms with van der Waals surface area (Å²) in [5.74, 6) is 2.09. The highest BCUT2D eigenvalue weighted by atomic mass is 15.2. The number of nitrogens with two attached hydrogens (primary N) is 2. The average Bonchev–Trinajstić information content (AvgIpc) is 3.17. The number of anilines is 2. The zero-order valence-corrected chi connectivity index (χ0v) is 19.0. The van der Waals surface area contributed by atoms with Crippen LogP contribution in [0.15, 0.2) is 12.4 Å². The molecule has 7 nitrogen and oxygen atoms in total. The summed E-state index contributed by atoms with van der Waals surface area (Å²) in [5.41, 5.74) is 11.7. The summed E-state index contributed by atoms with van der Waals surface area (Å²) < 4.78 is 2.22. The van der Waals surface area contributed by atoms with Crippen LogP contribution in [0, 0.1) is 0 Å². The highest BCUT2D eigenvalue weighted by Crippen LogP contribution is 2.25. The summed E-state index contributed by atoms with van der Waals surface area (Å²) in [5, 5.41) is 0. The lowest BCUT2D eigenvalue weighted by molar-refractivity contribution is 0.463. The molecule has 1 unspecified atom stereocenters. The van der Waals surface area contributed by atoms with Gasteiger partial charge in [-0.1, -0.05) is 84.5 Å². The van der Waals surface area contributed by atoms with Gasteiger partial charge in [0.25, 0.3) is 0 Å². The third kappa shape index (κ3) is 8.28. The fourth-order valence-electron chi connectivity index (χ4n) is 3.97. The van der Waals surface area contributed by atoms with E-state index in [4.69, 9.17) is 11.5 Å². The van der Waals surface area contributed by atoms with Gasteiger partial charge in [0.05, 0.1) is 6.04 Å². The van der Waals surface area contributed by atoms with Crippen molar-refractivity contribution >= 4 is 11.9 Å². The lowest BCUT2D eigenvalue weighted by atomic mass is 10.1. The van der Waals surface area contributed by atoms with Crippen LogP contribution in [-0.4, -0.2) is 24.5 Å². The largest absolute Gasteiger partial charge is 0.368 e. The van der Waals surface area contributed by atoms with Gasteiger partial charge in [-0.3, -0.25) is 0 Å². The van der Waals surface area contributed by atoms with Crippen LogP contribution < -0.4 is 11.5 Å². The van der Waals surface area contributed by atoms with Gasteiger partial charge in [-0.2, -0.15) is 15.0 Å². The first kappa shape index (κ1) is 24.1. The van der Waals surface area contributed by atoms with Gasteiger partial charge in [0.1, 0.15) is 5.82 Å². The van der Waals surface area contributed by atoms with E-state index in [-0.39, 0.29) is 17.9 Å². The van der Waals surface area contributed by atoms with E-state index in [1.807, 2.05) is 12.4 Å². The van der Waals surface area contributed by atoms with Gasteiger partial charge in [0, 0.05) is 18.8 Å². The summed E-state index contributed by atoms with van der Waals surface area (Å²) >= 11 is 0. The minimum atomic E-state index is 0.000200. The highest BCUT2D eigenvalue weighted by molar-refractivity contribution is 5.27. The van der Waals surface area contributed by atoms with Crippen molar-refractivity contribution in [3.05, 3.63) is 24.0 Å². The molecule has 168 valence electrons. The van der Waals surface area contributed by atoms with Crippen LogP contribution in [0.1, 0.15) is 115 Å². The smallest absolute Gasteiger partial charge is 0.225 e. The Hall–Kier alpha value is -2.18. The van der Waals surface area contributed by atoms with Crippen molar-refractivity contribution in [2.75, 3.05) is 11.5 Å². The van der Waals surface area contributed by atoms with Crippen molar-refractivity contribution in [3.63, 3.8) is 0 Å². The molecule has 2 heterocycles. The Morgan fingerprint density at radius 1 is 0.767 bits per heavy atom. The topological polar surface area (TPSA) is 109 Å². The molecule has 7 heteroatoms. The first-order valence-corrected chi connectivity index (χ1v) is 11.9. The Balaban J connectivity index is 1.92. The van der Waals surface area contributed by atoms with E-state index in [2.05, 4.69) is 38.4 Å². The predicted molar refractivity (Wildman–Crippen MR) is 124 cm³/mol. The maximum absolute atomic E-state index is 5.84. The molecule has 4 N–H and O–H groups in total. The lowest BCUT2D eigenvalue weighted by Crippen LogP contribution is -2.18. The van der Waals surface area contributed by atoms with Gasteiger partial charge >= 0.3 is 0 Å². The van der Waals surface area contributed by atoms with Gasteiger partial charge < -0.3 is 16.0 Å². The van der Waals surface area contributed by atoms with Gasteiger partial charge in [-0.15, -0.1) is 0 Å². The Labute approximate surface area is 182 Å². The number of hydrogen-bond acceptors (Lipinski definition) is 6. The van der Waals surface area contributed by atoms with Crippen LogP contribution in [0.4, 0.5) is 11.9 Å². The van der Waals surface area contributed by atoms with Crippen molar-refractivity contribution in [1.82, 2.24) is 24.5 Å². The van der Waals surface area contributed by atoms with E-state index in [1.54, 1.807) is 0 Å². The molecule has 0 aliphatic carbocycles. The molecular formula is C23H41N7. The molecule has 0 fully saturated rings. The maximum Gasteiger partial charge on any atom is 0.225 e. The Morgan fingerprint density at radius 2 is 1.33 bits per heavy atom. The Morgan fingerprint density at radius 3 is 1.97 bits per heavy atom. The lowest BCUT2D eigenvalue weighted by Gasteiger charge is -2.20. The van der Waals surface area contributed by atoms with E-state index in [1.165, 1.54) is 64.2 Å². The van der Waals surface area contributed by atoms with Crippen LogP contribution in [0.5, 0.6) is 0 Å². The van der Waals surface area contributed by atoms with E-state index in [0.29, 0.717) is 5.82 Å². The van der Waals surface area contributed by atoms with Crippen molar-refractivity contribution in [1.29, 1.82) is 0 Å². The summed E-state index contributed by atoms with van der Waals surface area (Å²) in [4.78, 5) is 17.3. The van der Waals surface area contributed by atoms with Crippen LogP contribution in [0.25, 0.3) is 0 Å². The fraction of sp³-hybridized carbons (Fsp3) is 0.739. The van der Waals surface area contributed by atoms with E-state index < -0.39 is 0 Å². The molecule has 0 amide bonds. The average molecular weight is 416 g/mol. The monoisotopic (exact) mass is 415 g/mol. The Kier molecular flexibility index (Phi) is 11.2. The molecule has 0 bridgehead atoms. The number of nitrogen functional groups attached to an aromatic ring is 2. The molecule has 1 atom stereocenters. The molecule has 0 saturated heterocycles. The van der Waals surface area contributed by atoms with Gasteiger partial charge in [-0.25, -0.2) is 4.98 Å². The van der Waals surface area contributed by atoms with Crippen molar-refractivity contribution in [2.45, 2.75) is 110 Å². The second-order valence-electron chi connectivity index (χ2n) is 8.25. The Bertz CT molecular complexity index is 693. The maximum atomic E-state index is 5.84. The number of aromatic nitrogens is 5. The van der Waals surface area contributed by atoms with E-state index in [0.717, 1.165) is 31.5 Å². The van der Waals surface area contributed by atoms with Crippen LogP contribution >= 0.6 is 0 Å². The van der Waals surface area contributed by atoms with Gasteiger partial charge in [-0.05, 0) is 12.8 Å². The summed E-state index contributed by atoms with van der Waals surface area (Å²) in [6, 6.07) is 0.000200. The number of unbranched alkanes of at least 4 members (excludes halogenated alkanes) is 10. The highest BCUT2D eigenvalue weighted by Gasteiger charge is 2.20. The normalized spacial score (nSPS) is 12.3. The van der Waals surface area contributed by atoms with Crippen LogP contribution in [-0.2, 0) is 6.42 Å². The van der Waals surface area contributed by atoms with Gasteiger partial charge in [0.15, 0.2) is 5.82 Å². The standard InChI is InChI=1S/C23H41N7/c1-3-5-7-8-9-10-11-12-14-16-20-26-17-18-30(20)19(15-13-6-4-2)21-27-22(24)29-23(25)28-21/h17-19H,3-16H2,1-2H3,(H4,24,25,27,28,29). The second kappa shape index (κ2) is 13.9. The van der Waals surface area contributed by atoms with E-state index in [9.17, 15) is 0 Å². The zero-order valence-electron chi connectivity index (χ0n) is 19.0. The molecule has 0 spiro atoms. The fourth-order valence-corrected chi connectivity index (χ4v) is 3.97. The van der Waals surface area contributed by atoms with Crippen LogP contribution in [0.2, 0.25) is 0 Å². The summed E-state index contributed by atoms with van der Waals surface area (Å²) in [6.45, 7) is 4.48. The number of imidazole rings is 1. The zero-order chi connectivity index (χ0) is 21.6. The van der Waals surface area contributed by atoms with Crippen molar-refractivity contribution < 1.29 is 0 Å². The molecule has 2 aromatic heterocycles. The molecule has 0 aliphatic heterocycles. The molecule has 0 radical (unpaired) electrons. The first-order valence-electron chi connectivity index (χ1n) is 11.9. The predicted octanol–water partition coefficient (Wildman–Crippen LogP) is 5.48. The number of rotatable bonds is 16. The molecule has 0 aromatic carbocycles. The van der Waals surface area contributed by atoms with Crippen LogP contribution in [0.3, 0.4) is 0 Å². The second-order valence-corrected chi connectivity index (χ2v) is 8.25. The quantitative estimate of drug-likeness (QED) is 0.352. The third-order valence-corrected chi connectivity index (χ3v) is 5.66. The molecule has 2 aromatic rings. The SMILES string of the molecule is CCCCCCCCCCCc1nccn1C(CCCCC)c1nc(N)nc(N)n1. The molecule has 0 saturated carbocycles. The molecular weight excluding hydrogens is 374 g/mol. The van der Waals surface area contributed by atoms with Crippen molar-refractivity contribution in [2.24, 2.45) is 0 Å². The summed E-state index contributed by atoms with van der Waals surface area (Å²) in [7, 11) is 0. The minimum Gasteiger partial charge on any atom is -0.368 e. The van der Waals surface area contributed by atoms with Crippen molar-refractivity contribution in [3.8, 4) is 0 Å². The summed E-state index contributed by atoms with van der Waals surface area (Å²) in [6.07, 6.45) is 21.2. The first-order chi connectivity index (χ1) is 14.7. The number of hydrogen-bond donors (Lipinski definition) is 2. The van der Waals surface area contributed by atoms with Gasteiger partial charge in [0.2, 0.25) is 11.9 Å². The molecule has 0 aliphatic rings.